The number of nitrogens with zero attached hydrogens (tertiary/aromatic N) is 2. The highest BCUT2D eigenvalue weighted by molar-refractivity contribution is 6.40. The zero-order valence-electron chi connectivity index (χ0n) is 7.16. The van der Waals surface area contributed by atoms with Crippen LogP contribution in [0.25, 0.3) is 0 Å². The fourth-order valence-corrected chi connectivity index (χ4v) is 0.328. The van der Waals surface area contributed by atoms with Gasteiger partial charge in [0.25, 0.3) is 0 Å². The van der Waals surface area contributed by atoms with E-state index >= 15 is 0 Å². The monoisotopic (exact) mass is 173 g/mol. The SMILES string of the molecule is COC(=O)N/N=C(C)\C(C)=N\O. The number of rotatable bonds is 2. The molecule has 6 heteroatoms. The van der Waals surface area contributed by atoms with E-state index in [0.29, 0.717) is 11.4 Å². The Kier molecular flexibility index (Phi) is 4.43. The summed E-state index contributed by atoms with van der Waals surface area (Å²) in [6.07, 6.45) is -0.667. The van der Waals surface area contributed by atoms with Gasteiger partial charge in [-0.15, -0.1) is 0 Å². The quantitative estimate of drug-likeness (QED) is 0.363. The van der Waals surface area contributed by atoms with E-state index in [4.69, 9.17) is 5.21 Å². The summed E-state index contributed by atoms with van der Waals surface area (Å²) < 4.78 is 4.25. The maximum atomic E-state index is 10.5. The molecule has 6 nitrogen and oxygen atoms in total. The number of carbonyl (C=O) groups excluding carboxylic acids is 1. The van der Waals surface area contributed by atoms with Crippen molar-refractivity contribution in [2.45, 2.75) is 13.8 Å². The fourth-order valence-electron chi connectivity index (χ4n) is 0.328. The third-order valence-corrected chi connectivity index (χ3v) is 1.17. The lowest BCUT2D eigenvalue weighted by atomic mass is 10.3. The number of hydrogen-bond acceptors (Lipinski definition) is 5. The highest BCUT2D eigenvalue weighted by Crippen LogP contribution is 1.81. The first-order valence-corrected chi connectivity index (χ1v) is 3.19. The van der Waals surface area contributed by atoms with Gasteiger partial charge in [0.15, 0.2) is 0 Å². The molecule has 0 aliphatic heterocycles. The Balaban J connectivity index is 4.10. The van der Waals surface area contributed by atoms with E-state index in [9.17, 15) is 4.79 Å². The first-order valence-electron chi connectivity index (χ1n) is 3.19. The van der Waals surface area contributed by atoms with Crippen LogP contribution in [0.15, 0.2) is 10.3 Å². The van der Waals surface area contributed by atoms with Crippen molar-refractivity contribution in [3.63, 3.8) is 0 Å². The van der Waals surface area contributed by atoms with Crippen LogP contribution in [-0.2, 0) is 4.74 Å². The molecular weight excluding hydrogens is 162 g/mol. The number of methoxy groups -OCH3 is 1. The second-order valence-electron chi connectivity index (χ2n) is 1.99. The summed E-state index contributed by atoms with van der Waals surface area (Å²) in [5.74, 6) is 0. The molecule has 0 aliphatic rings. The number of ether oxygens (including phenoxy) is 1. The van der Waals surface area contributed by atoms with Gasteiger partial charge in [-0.1, -0.05) is 5.16 Å². The van der Waals surface area contributed by atoms with Crippen LogP contribution in [-0.4, -0.2) is 29.8 Å². The van der Waals surface area contributed by atoms with Crippen molar-refractivity contribution in [3.05, 3.63) is 0 Å². The van der Waals surface area contributed by atoms with Crippen LogP contribution in [0.2, 0.25) is 0 Å². The summed E-state index contributed by atoms with van der Waals surface area (Å²) in [4.78, 5) is 10.5. The summed E-state index contributed by atoms with van der Waals surface area (Å²) in [6.45, 7) is 3.14. The van der Waals surface area contributed by atoms with Gasteiger partial charge in [0.05, 0.1) is 18.5 Å². The molecule has 0 rings (SSSR count). The van der Waals surface area contributed by atoms with E-state index in [2.05, 4.69) is 20.4 Å². The Hall–Kier alpha value is -1.59. The van der Waals surface area contributed by atoms with Gasteiger partial charge in [-0.2, -0.15) is 5.10 Å². The normalized spacial score (nSPS) is 12.6. The average Bonchev–Trinajstić information content (AvgIpc) is 2.11. The molecule has 68 valence electrons. The predicted molar refractivity (Wildman–Crippen MR) is 43.5 cm³/mol. The van der Waals surface area contributed by atoms with Crippen LogP contribution in [0.5, 0.6) is 0 Å². The van der Waals surface area contributed by atoms with Crippen LogP contribution >= 0.6 is 0 Å². The van der Waals surface area contributed by atoms with Crippen molar-refractivity contribution in [1.29, 1.82) is 0 Å². The molecule has 2 N–H and O–H groups in total. The molecule has 0 atom stereocenters. The van der Waals surface area contributed by atoms with Crippen molar-refractivity contribution in [2.24, 2.45) is 10.3 Å². The Morgan fingerprint density at radius 3 is 2.42 bits per heavy atom. The lowest BCUT2D eigenvalue weighted by molar-refractivity contribution is 0.171. The maximum absolute atomic E-state index is 10.5. The van der Waals surface area contributed by atoms with Crippen molar-refractivity contribution in [1.82, 2.24) is 5.43 Å². The number of hydrazone groups is 1. The molecule has 0 aromatic rings. The second kappa shape index (κ2) is 5.11. The number of hydrogen-bond donors (Lipinski definition) is 2. The molecule has 0 aromatic carbocycles. The number of oxime groups is 1. The first kappa shape index (κ1) is 10.4. The van der Waals surface area contributed by atoms with Gasteiger partial charge in [-0.3, -0.25) is 0 Å². The van der Waals surface area contributed by atoms with Crippen LogP contribution in [0, 0.1) is 0 Å². The largest absolute Gasteiger partial charge is 0.452 e. The number of nitrogens with one attached hydrogen (secondary N) is 1. The minimum atomic E-state index is -0.667. The van der Waals surface area contributed by atoms with E-state index in [-0.39, 0.29) is 0 Å². The molecular formula is C6H11N3O3. The number of amides is 1. The van der Waals surface area contributed by atoms with Gasteiger partial charge in [-0.05, 0) is 13.8 Å². The molecule has 0 fully saturated rings. The molecule has 12 heavy (non-hydrogen) atoms. The van der Waals surface area contributed by atoms with Crippen LogP contribution in [0.3, 0.4) is 0 Å². The molecule has 0 unspecified atom stereocenters. The maximum Gasteiger partial charge on any atom is 0.427 e. The van der Waals surface area contributed by atoms with Crippen LogP contribution < -0.4 is 5.43 Å². The van der Waals surface area contributed by atoms with Gasteiger partial charge in [0.1, 0.15) is 0 Å². The van der Waals surface area contributed by atoms with Crippen molar-refractivity contribution < 1.29 is 14.7 Å². The van der Waals surface area contributed by atoms with Gasteiger partial charge in [0, 0.05) is 0 Å². The van der Waals surface area contributed by atoms with Crippen molar-refractivity contribution in [3.8, 4) is 0 Å². The van der Waals surface area contributed by atoms with E-state index in [1.807, 2.05) is 0 Å². The first-order chi connectivity index (χ1) is 5.61. The summed E-state index contributed by atoms with van der Waals surface area (Å²) >= 11 is 0. The van der Waals surface area contributed by atoms with E-state index in [1.54, 1.807) is 13.8 Å². The highest BCUT2D eigenvalue weighted by Gasteiger charge is 1.98. The smallest absolute Gasteiger partial charge is 0.427 e. The molecule has 0 radical (unpaired) electrons. The summed E-state index contributed by atoms with van der Waals surface area (Å²) in [5, 5.41) is 14.7. The van der Waals surface area contributed by atoms with E-state index < -0.39 is 6.09 Å². The van der Waals surface area contributed by atoms with Crippen molar-refractivity contribution in [2.75, 3.05) is 7.11 Å². The minimum absolute atomic E-state index is 0.325. The lowest BCUT2D eigenvalue weighted by Gasteiger charge is -1.98. The standard InChI is InChI=1S/C6H11N3O3/c1-4(5(2)9-11)7-8-6(10)12-3/h11H,1-3H3,(H,8,10)/b7-4-,9-5+. The Bertz CT molecular complexity index is 222. The molecule has 0 heterocycles. The molecule has 0 aromatic heterocycles. The number of carbonyl (C=O) groups is 1. The molecule has 0 saturated carbocycles. The summed E-state index contributed by atoms with van der Waals surface area (Å²) in [6, 6.07) is 0. The van der Waals surface area contributed by atoms with Gasteiger partial charge in [0.2, 0.25) is 0 Å². The molecule has 0 spiro atoms. The molecule has 1 amide bonds. The zero-order valence-corrected chi connectivity index (χ0v) is 7.16. The lowest BCUT2D eigenvalue weighted by Crippen LogP contribution is -2.20. The predicted octanol–water partition coefficient (Wildman–Crippen LogP) is 0.568. The summed E-state index contributed by atoms with van der Waals surface area (Å²) in [5.41, 5.74) is 2.81. The summed E-state index contributed by atoms with van der Waals surface area (Å²) in [7, 11) is 1.23. The van der Waals surface area contributed by atoms with E-state index in [1.165, 1.54) is 7.11 Å². The van der Waals surface area contributed by atoms with Gasteiger partial charge < -0.3 is 9.94 Å². The third-order valence-electron chi connectivity index (χ3n) is 1.17. The molecule has 0 aliphatic carbocycles. The average molecular weight is 173 g/mol. The third kappa shape index (κ3) is 3.55. The van der Waals surface area contributed by atoms with Gasteiger partial charge in [-0.25, -0.2) is 10.2 Å². The topological polar surface area (TPSA) is 83.3 Å². The van der Waals surface area contributed by atoms with Crippen molar-refractivity contribution >= 4 is 17.5 Å². The van der Waals surface area contributed by atoms with Crippen LogP contribution in [0.4, 0.5) is 4.79 Å². The highest BCUT2D eigenvalue weighted by atomic mass is 16.5. The minimum Gasteiger partial charge on any atom is -0.452 e. The molecule has 0 bridgehead atoms. The van der Waals surface area contributed by atoms with Crippen LogP contribution in [0.1, 0.15) is 13.8 Å². The second-order valence-corrected chi connectivity index (χ2v) is 1.99. The zero-order chi connectivity index (χ0) is 9.56. The van der Waals surface area contributed by atoms with E-state index in [0.717, 1.165) is 0 Å². The Morgan fingerprint density at radius 1 is 1.42 bits per heavy atom. The fraction of sp³-hybridized carbons (Fsp3) is 0.500. The Morgan fingerprint density at radius 2 is 2.00 bits per heavy atom. The Labute approximate surface area is 69.9 Å². The van der Waals surface area contributed by atoms with Gasteiger partial charge >= 0.3 is 6.09 Å². The molecule has 0 saturated heterocycles.